The van der Waals surface area contributed by atoms with Crippen molar-refractivity contribution in [3.8, 4) is 0 Å². The number of nitrogens with zero attached hydrogens (tertiary/aromatic N) is 1. The highest BCUT2D eigenvalue weighted by Crippen LogP contribution is 2.33. The summed E-state index contributed by atoms with van der Waals surface area (Å²) >= 11 is 1.22. The lowest BCUT2D eigenvalue weighted by Crippen LogP contribution is -2.04. The molecule has 120 valence electrons. The average molecular weight is 341 g/mol. The standard InChI is InChI=1S/C18H12FNO3S/c1-10-16-11(19)5-4-8-14(16)24-17(10)18(21)22-9-15-20-12-6-2-3-7-13(12)23-15/h2-8H,9H2,1H3. The largest absolute Gasteiger partial charge is 0.451 e. The number of aryl methyl sites for hydroxylation is 1. The lowest BCUT2D eigenvalue weighted by atomic mass is 10.1. The number of ether oxygens (including phenoxy) is 1. The number of fused-ring (bicyclic) bond motifs is 2. The molecule has 0 spiro atoms. The van der Waals surface area contributed by atoms with E-state index in [1.807, 2.05) is 18.2 Å². The second-order valence-corrected chi connectivity index (χ2v) is 6.37. The first kappa shape index (κ1) is 14.8. The van der Waals surface area contributed by atoms with Gasteiger partial charge in [-0.25, -0.2) is 14.2 Å². The van der Waals surface area contributed by atoms with Crippen LogP contribution in [0.5, 0.6) is 0 Å². The Balaban J connectivity index is 1.58. The number of para-hydroxylation sites is 2. The van der Waals surface area contributed by atoms with Crippen molar-refractivity contribution in [2.75, 3.05) is 0 Å². The van der Waals surface area contributed by atoms with Crippen LogP contribution in [0.1, 0.15) is 21.1 Å². The smallest absolute Gasteiger partial charge is 0.349 e. The molecule has 0 aliphatic heterocycles. The van der Waals surface area contributed by atoms with Crippen LogP contribution in [0.2, 0.25) is 0 Å². The molecular formula is C18H12FNO3S. The molecule has 4 aromatic rings. The molecule has 4 nitrogen and oxygen atoms in total. The molecule has 0 unspecified atom stereocenters. The molecule has 0 atom stereocenters. The SMILES string of the molecule is Cc1c(C(=O)OCc2nc3ccccc3o2)sc2cccc(F)c12. The van der Waals surface area contributed by atoms with Crippen LogP contribution >= 0.6 is 11.3 Å². The van der Waals surface area contributed by atoms with Crippen molar-refractivity contribution in [1.29, 1.82) is 0 Å². The van der Waals surface area contributed by atoms with Gasteiger partial charge in [0.1, 0.15) is 16.2 Å². The predicted octanol–water partition coefficient (Wildman–Crippen LogP) is 4.85. The monoisotopic (exact) mass is 341 g/mol. The molecule has 0 radical (unpaired) electrons. The summed E-state index contributed by atoms with van der Waals surface area (Å²) in [6.07, 6.45) is 0. The van der Waals surface area contributed by atoms with Gasteiger partial charge in [0.25, 0.3) is 0 Å². The third-order valence-corrected chi connectivity index (χ3v) is 4.99. The summed E-state index contributed by atoms with van der Waals surface area (Å²) in [7, 11) is 0. The third-order valence-electron chi connectivity index (χ3n) is 3.75. The maximum absolute atomic E-state index is 13.9. The quantitative estimate of drug-likeness (QED) is 0.500. The second kappa shape index (κ2) is 5.72. The highest BCUT2D eigenvalue weighted by molar-refractivity contribution is 7.21. The topological polar surface area (TPSA) is 52.3 Å². The minimum absolute atomic E-state index is 0.0658. The fourth-order valence-corrected chi connectivity index (χ4v) is 3.74. The van der Waals surface area contributed by atoms with Crippen LogP contribution in [-0.2, 0) is 11.3 Å². The first-order valence-electron chi connectivity index (χ1n) is 7.32. The minimum Gasteiger partial charge on any atom is -0.451 e. The molecule has 2 aromatic heterocycles. The highest BCUT2D eigenvalue weighted by Gasteiger charge is 2.19. The van der Waals surface area contributed by atoms with Crippen molar-refractivity contribution in [2.24, 2.45) is 0 Å². The molecule has 2 heterocycles. The molecule has 24 heavy (non-hydrogen) atoms. The zero-order valence-electron chi connectivity index (χ0n) is 12.7. The number of benzene rings is 2. The van der Waals surface area contributed by atoms with E-state index in [1.54, 1.807) is 25.1 Å². The number of carbonyl (C=O) groups excluding carboxylic acids is 1. The summed E-state index contributed by atoms with van der Waals surface area (Å²) in [5, 5.41) is 0.469. The number of hydrogen-bond acceptors (Lipinski definition) is 5. The van der Waals surface area contributed by atoms with E-state index >= 15 is 0 Å². The van der Waals surface area contributed by atoms with Gasteiger partial charge >= 0.3 is 5.97 Å². The lowest BCUT2D eigenvalue weighted by molar-refractivity contribution is 0.0445. The number of hydrogen-bond donors (Lipinski definition) is 0. The Morgan fingerprint density at radius 3 is 2.88 bits per heavy atom. The molecular weight excluding hydrogens is 329 g/mol. The minimum atomic E-state index is -0.504. The lowest BCUT2D eigenvalue weighted by Gasteiger charge is -2.01. The normalized spacial score (nSPS) is 11.2. The zero-order chi connectivity index (χ0) is 16.7. The van der Waals surface area contributed by atoms with Gasteiger partial charge in [0, 0.05) is 10.1 Å². The Morgan fingerprint density at radius 2 is 2.08 bits per heavy atom. The van der Waals surface area contributed by atoms with Gasteiger partial charge in [-0.05, 0) is 36.8 Å². The van der Waals surface area contributed by atoms with Crippen LogP contribution < -0.4 is 0 Å². The Labute approximate surface area is 140 Å². The third kappa shape index (κ3) is 2.45. The van der Waals surface area contributed by atoms with Gasteiger partial charge in [-0.1, -0.05) is 18.2 Å². The van der Waals surface area contributed by atoms with Crippen LogP contribution in [-0.4, -0.2) is 11.0 Å². The Hall–Kier alpha value is -2.73. The van der Waals surface area contributed by atoms with E-state index in [-0.39, 0.29) is 12.4 Å². The average Bonchev–Trinajstić information content (AvgIpc) is 3.14. The Kier molecular flexibility index (Phi) is 3.54. The van der Waals surface area contributed by atoms with Crippen molar-refractivity contribution >= 4 is 38.5 Å². The van der Waals surface area contributed by atoms with Crippen molar-refractivity contribution in [3.63, 3.8) is 0 Å². The molecule has 4 rings (SSSR count). The second-order valence-electron chi connectivity index (χ2n) is 5.32. The summed E-state index contributed by atoms with van der Waals surface area (Å²) < 4.78 is 25.5. The molecule has 0 amide bonds. The van der Waals surface area contributed by atoms with Gasteiger partial charge < -0.3 is 9.15 Å². The summed E-state index contributed by atoms with van der Waals surface area (Å²) in [6.45, 7) is 1.65. The number of esters is 1. The molecule has 2 aromatic carbocycles. The van der Waals surface area contributed by atoms with E-state index in [9.17, 15) is 9.18 Å². The molecule has 0 aliphatic rings. The number of carbonyl (C=O) groups is 1. The Bertz CT molecular complexity index is 1030. The first-order chi connectivity index (χ1) is 11.6. The van der Waals surface area contributed by atoms with Crippen LogP contribution in [0.25, 0.3) is 21.2 Å². The first-order valence-corrected chi connectivity index (χ1v) is 8.14. The van der Waals surface area contributed by atoms with Gasteiger partial charge in [0.2, 0.25) is 5.89 Å². The van der Waals surface area contributed by atoms with Gasteiger partial charge in [-0.2, -0.15) is 0 Å². The fourth-order valence-electron chi connectivity index (χ4n) is 2.62. The molecule has 0 bridgehead atoms. The van der Waals surface area contributed by atoms with E-state index < -0.39 is 5.97 Å². The number of thiophene rings is 1. The van der Waals surface area contributed by atoms with E-state index in [1.165, 1.54) is 17.4 Å². The van der Waals surface area contributed by atoms with E-state index in [0.29, 0.717) is 32.8 Å². The Morgan fingerprint density at radius 1 is 1.25 bits per heavy atom. The number of rotatable bonds is 3. The van der Waals surface area contributed by atoms with E-state index in [2.05, 4.69) is 4.98 Å². The molecule has 6 heteroatoms. The molecule has 0 saturated heterocycles. The van der Waals surface area contributed by atoms with Gasteiger partial charge in [-0.3, -0.25) is 0 Å². The highest BCUT2D eigenvalue weighted by atomic mass is 32.1. The van der Waals surface area contributed by atoms with Crippen molar-refractivity contribution in [3.05, 3.63) is 64.6 Å². The van der Waals surface area contributed by atoms with E-state index in [0.717, 1.165) is 4.70 Å². The van der Waals surface area contributed by atoms with Crippen LogP contribution in [0.4, 0.5) is 4.39 Å². The maximum atomic E-state index is 13.9. The number of oxazole rings is 1. The van der Waals surface area contributed by atoms with Crippen LogP contribution in [0, 0.1) is 12.7 Å². The molecule has 0 saturated carbocycles. The predicted molar refractivity (Wildman–Crippen MR) is 89.6 cm³/mol. The molecule has 0 aliphatic carbocycles. The van der Waals surface area contributed by atoms with Crippen molar-refractivity contribution in [2.45, 2.75) is 13.5 Å². The summed E-state index contributed by atoms with van der Waals surface area (Å²) in [6, 6.07) is 12.1. The fraction of sp³-hybridized carbons (Fsp3) is 0.111. The number of aromatic nitrogens is 1. The van der Waals surface area contributed by atoms with Gasteiger partial charge in [0.05, 0.1) is 0 Å². The van der Waals surface area contributed by atoms with Gasteiger partial charge in [0.15, 0.2) is 12.2 Å². The summed E-state index contributed by atoms with van der Waals surface area (Å²) in [4.78, 5) is 17.0. The van der Waals surface area contributed by atoms with E-state index in [4.69, 9.17) is 9.15 Å². The van der Waals surface area contributed by atoms with Crippen LogP contribution in [0.3, 0.4) is 0 Å². The zero-order valence-corrected chi connectivity index (χ0v) is 13.5. The van der Waals surface area contributed by atoms with Crippen molar-refractivity contribution in [1.82, 2.24) is 4.98 Å². The summed E-state index contributed by atoms with van der Waals surface area (Å²) in [5.41, 5.74) is 1.95. The van der Waals surface area contributed by atoms with Gasteiger partial charge in [-0.15, -0.1) is 11.3 Å². The summed E-state index contributed by atoms with van der Waals surface area (Å²) in [5.74, 6) is -0.510. The van der Waals surface area contributed by atoms with Crippen molar-refractivity contribution < 1.29 is 18.3 Å². The molecule has 0 fully saturated rings. The molecule has 0 N–H and O–H groups in total. The maximum Gasteiger partial charge on any atom is 0.349 e. The van der Waals surface area contributed by atoms with Crippen LogP contribution in [0.15, 0.2) is 46.9 Å². The number of halogens is 1.